The molecule has 1 heterocycles. The van der Waals surface area contributed by atoms with E-state index in [1.165, 1.54) is 7.11 Å². The number of benzene rings is 1. The summed E-state index contributed by atoms with van der Waals surface area (Å²) < 4.78 is 5.17. The molecule has 0 spiro atoms. The molecule has 2 rings (SSSR count). The lowest BCUT2D eigenvalue weighted by Gasteiger charge is -2.20. The fourth-order valence-electron chi connectivity index (χ4n) is 2.24. The molecule has 1 amide bonds. The lowest BCUT2D eigenvalue weighted by atomic mass is 10.1. The predicted molar refractivity (Wildman–Crippen MR) is 68.6 cm³/mol. The summed E-state index contributed by atoms with van der Waals surface area (Å²) in [6.07, 6.45) is 0.587. The van der Waals surface area contributed by atoms with Gasteiger partial charge in [-0.05, 0) is 25.5 Å². The minimum atomic E-state index is -0.802. The molecule has 1 aliphatic heterocycles. The number of methoxy groups -OCH3 is 1. The van der Waals surface area contributed by atoms with Crippen LogP contribution in [0.5, 0.6) is 5.75 Å². The molecule has 0 radical (unpaired) electrons. The van der Waals surface area contributed by atoms with E-state index in [1.807, 2.05) is 0 Å². The highest BCUT2D eigenvalue weighted by molar-refractivity contribution is 5.98. The number of anilines is 1. The van der Waals surface area contributed by atoms with Gasteiger partial charge in [0.05, 0.1) is 24.0 Å². The van der Waals surface area contributed by atoms with Crippen LogP contribution >= 0.6 is 0 Å². The molecule has 0 aromatic heterocycles. The van der Waals surface area contributed by atoms with Gasteiger partial charge in [0.25, 0.3) is 5.91 Å². The summed E-state index contributed by atoms with van der Waals surface area (Å²) in [7, 11) is 1.49. The Morgan fingerprint density at radius 2 is 2.28 bits per heavy atom. The van der Waals surface area contributed by atoms with Crippen molar-refractivity contribution in [3.05, 3.63) is 23.8 Å². The van der Waals surface area contributed by atoms with Crippen molar-refractivity contribution in [1.29, 1.82) is 0 Å². The van der Waals surface area contributed by atoms with Crippen LogP contribution in [0.1, 0.15) is 23.7 Å². The Morgan fingerprint density at radius 1 is 1.56 bits per heavy atom. The Bertz CT molecular complexity index is 471. The highest BCUT2D eigenvalue weighted by Crippen LogP contribution is 2.29. The monoisotopic (exact) mass is 250 g/mol. The van der Waals surface area contributed by atoms with Gasteiger partial charge in [0.2, 0.25) is 0 Å². The number of aliphatic hydroxyl groups is 1. The lowest BCUT2D eigenvalue weighted by Crippen LogP contribution is -2.34. The second-order valence-corrected chi connectivity index (χ2v) is 4.90. The Hall–Kier alpha value is -1.75. The van der Waals surface area contributed by atoms with E-state index in [-0.39, 0.29) is 5.91 Å². The number of nitrogens with zero attached hydrogens (tertiary/aromatic N) is 1. The number of amides is 1. The topological polar surface area (TPSA) is 75.8 Å². The van der Waals surface area contributed by atoms with Gasteiger partial charge in [-0.15, -0.1) is 0 Å². The number of likely N-dealkylation sites (tertiary alicyclic amines) is 1. The van der Waals surface area contributed by atoms with Crippen molar-refractivity contribution in [2.45, 2.75) is 18.9 Å². The maximum Gasteiger partial charge on any atom is 0.257 e. The first kappa shape index (κ1) is 12.7. The van der Waals surface area contributed by atoms with Gasteiger partial charge in [0.1, 0.15) is 0 Å². The van der Waals surface area contributed by atoms with Gasteiger partial charge in [-0.3, -0.25) is 4.79 Å². The van der Waals surface area contributed by atoms with Gasteiger partial charge >= 0.3 is 0 Å². The van der Waals surface area contributed by atoms with Crippen LogP contribution < -0.4 is 10.5 Å². The van der Waals surface area contributed by atoms with E-state index in [4.69, 9.17) is 10.5 Å². The molecule has 1 fully saturated rings. The van der Waals surface area contributed by atoms with E-state index >= 15 is 0 Å². The third kappa shape index (κ3) is 2.26. The Morgan fingerprint density at radius 3 is 2.83 bits per heavy atom. The third-order valence-corrected chi connectivity index (χ3v) is 3.22. The molecule has 5 nitrogen and oxygen atoms in total. The van der Waals surface area contributed by atoms with Gasteiger partial charge < -0.3 is 20.5 Å². The summed E-state index contributed by atoms with van der Waals surface area (Å²) in [5.41, 5.74) is 5.85. The summed E-state index contributed by atoms with van der Waals surface area (Å²) >= 11 is 0. The van der Waals surface area contributed by atoms with E-state index in [9.17, 15) is 9.90 Å². The summed E-state index contributed by atoms with van der Waals surface area (Å²) in [5.74, 6) is 0.242. The van der Waals surface area contributed by atoms with Crippen LogP contribution in [0.3, 0.4) is 0 Å². The van der Waals surface area contributed by atoms with Crippen LogP contribution in [0.15, 0.2) is 18.2 Å². The van der Waals surface area contributed by atoms with Gasteiger partial charge in [0, 0.05) is 13.1 Å². The number of carbonyl (C=O) groups excluding carboxylic acids is 1. The third-order valence-electron chi connectivity index (χ3n) is 3.22. The molecule has 1 aromatic rings. The molecular formula is C13H18N2O3. The number of hydrogen-bond donors (Lipinski definition) is 2. The Labute approximate surface area is 106 Å². The number of β-amino-alcohol motifs (C(OH)–C–C–N with tert-alkyl or cyclic N) is 1. The Kier molecular flexibility index (Phi) is 3.17. The van der Waals surface area contributed by atoms with Crippen LogP contribution in [0.2, 0.25) is 0 Å². The highest BCUT2D eigenvalue weighted by atomic mass is 16.5. The van der Waals surface area contributed by atoms with Crippen LogP contribution in [0.25, 0.3) is 0 Å². The van der Waals surface area contributed by atoms with E-state index in [0.717, 1.165) is 0 Å². The van der Waals surface area contributed by atoms with Crippen molar-refractivity contribution in [2.24, 2.45) is 0 Å². The van der Waals surface area contributed by atoms with Crippen molar-refractivity contribution in [2.75, 3.05) is 25.9 Å². The van der Waals surface area contributed by atoms with Crippen LogP contribution in [0.4, 0.5) is 5.69 Å². The molecule has 1 unspecified atom stereocenters. The summed E-state index contributed by atoms with van der Waals surface area (Å²) in [4.78, 5) is 14.0. The number of carbonyl (C=O) groups is 1. The quantitative estimate of drug-likeness (QED) is 0.764. The zero-order chi connectivity index (χ0) is 13.3. The number of rotatable bonds is 2. The highest BCUT2D eigenvalue weighted by Gasteiger charge is 2.35. The molecule has 1 aromatic carbocycles. The summed E-state index contributed by atoms with van der Waals surface area (Å²) in [5, 5.41) is 9.89. The van der Waals surface area contributed by atoms with E-state index < -0.39 is 5.60 Å². The minimum Gasteiger partial charge on any atom is -0.494 e. The molecule has 18 heavy (non-hydrogen) atoms. The van der Waals surface area contributed by atoms with E-state index in [2.05, 4.69) is 0 Å². The number of nitrogens with two attached hydrogens (primary N) is 1. The Balaban J connectivity index is 2.27. The molecule has 3 N–H and O–H groups in total. The molecule has 0 aliphatic carbocycles. The van der Waals surface area contributed by atoms with Crippen LogP contribution in [-0.2, 0) is 0 Å². The van der Waals surface area contributed by atoms with Crippen molar-refractivity contribution >= 4 is 11.6 Å². The standard InChI is InChI=1S/C13H18N2O3/c1-13(17)6-7-15(8-13)12(16)9-4-3-5-10(14)11(9)18-2/h3-5,17H,6-8,14H2,1-2H3. The van der Waals surface area contributed by atoms with Gasteiger partial charge in [-0.2, -0.15) is 0 Å². The predicted octanol–water partition coefficient (Wildman–Crippen LogP) is 0.874. The van der Waals surface area contributed by atoms with E-state index in [0.29, 0.717) is 36.5 Å². The molecule has 1 saturated heterocycles. The van der Waals surface area contributed by atoms with Crippen molar-refractivity contribution in [1.82, 2.24) is 4.90 Å². The first-order valence-corrected chi connectivity index (χ1v) is 5.89. The number of hydrogen-bond acceptors (Lipinski definition) is 4. The van der Waals surface area contributed by atoms with Crippen molar-refractivity contribution in [3.8, 4) is 5.75 Å². The fourth-order valence-corrected chi connectivity index (χ4v) is 2.24. The maximum absolute atomic E-state index is 12.3. The smallest absolute Gasteiger partial charge is 0.257 e. The molecule has 1 aliphatic rings. The second-order valence-electron chi connectivity index (χ2n) is 4.90. The van der Waals surface area contributed by atoms with Gasteiger partial charge in [-0.25, -0.2) is 0 Å². The zero-order valence-electron chi connectivity index (χ0n) is 10.6. The largest absolute Gasteiger partial charge is 0.494 e. The van der Waals surface area contributed by atoms with Gasteiger partial charge in [-0.1, -0.05) is 6.07 Å². The average molecular weight is 250 g/mol. The lowest BCUT2D eigenvalue weighted by molar-refractivity contribution is 0.0570. The van der Waals surface area contributed by atoms with Crippen LogP contribution in [0, 0.1) is 0 Å². The first-order chi connectivity index (χ1) is 8.44. The van der Waals surface area contributed by atoms with Crippen molar-refractivity contribution < 1.29 is 14.6 Å². The maximum atomic E-state index is 12.3. The fraction of sp³-hybridized carbons (Fsp3) is 0.462. The average Bonchev–Trinajstić information content (AvgIpc) is 2.68. The summed E-state index contributed by atoms with van der Waals surface area (Å²) in [6, 6.07) is 5.10. The van der Waals surface area contributed by atoms with Gasteiger partial charge in [0.15, 0.2) is 5.75 Å². The molecule has 0 saturated carbocycles. The summed E-state index contributed by atoms with van der Waals surface area (Å²) in [6.45, 7) is 2.62. The second kappa shape index (κ2) is 4.49. The zero-order valence-corrected chi connectivity index (χ0v) is 10.6. The van der Waals surface area contributed by atoms with Crippen molar-refractivity contribution in [3.63, 3.8) is 0 Å². The first-order valence-electron chi connectivity index (χ1n) is 5.89. The molecule has 5 heteroatoms. The van der Waals surface area contributed by atoms with Crippen LogP contribution in [-0.4, -0.2) is 41.7 Å². The molecule has 0 bridgehead atoms. The number of nitrogen functional groups attached to an aromatic ring is 1. The molecular weight excluding hydrogens is 232 g/mol. The molecule has 1 atom stereocenters. The van der Waals surface area contributed by atoms with E-state index in [1.54, 1.807) is 30.0 Å². The number of para-hydroxylation sites is 1. The minimum absolute atomic E-state index is 0.156. The SMILES string of the molecule is COc1c(N)cccc1C(=O)N1CCC(C)(O)C1. The number of ether oxygens (including phenoxy) is 1. The normalized spacial score (nSPS) is 23.2. The molecule has 98 valence electrons.